The van der Waals surface area contributed by atoms with E-state index in [1.807, 2.05) is 0 Å². The lowest BCUT2D eigenvalue weighted by atomic mass is 9.97. The van der Waals surface area contributed by atoms with Gasteiger partial charge in [-0.1, -0.05) is 0 Å². The average Bonchev–Trinajstić information content (AvgIpc) is 2.40. The first-order chi connectivity index (χ1) is 9.77. The summed E-state index contributed by atoms with van der Waals surface area (Å²) >= 11 is 0. The van der Waals surface area contributed by atoms with Crippen LogP contribution in [0.3, 0.4) is 0 Å². The van der Waals surface area contributed by atoms with Gasteiger partial charge in [-0.3, -0.25) is 0 Å². The van der Waals surface area contributed by atoms with Gasteiger partial charge in [-0.15, -0.1) is 0 Å². The number of halogens is 1. The van der Waals surface area contributed by atoms with E-state index >= 15 is 0 Å². The Hall–Kier alpha value is -1.14. The van der Waals surface area contributed by atoms with Crippen LogP contribution in [0, 0.1) is 5.82 Å². The SMILES string of the molecule is C[C@H](N)c1cc(F)ccc1OC1CCCC(S(C)(=O)=O)C1. The topological polar surface area (TPSA) is 69.4 Å². The Morgan fingerprint density at radius 3 is 2.71 bits per heavy atom. The van der Waals surface area contributed by atoms with Crippen molar-refractivity contribution in [3.05, 3.63) is 29.6 Å². The molecule has 0 radical (unpaired) electrons. The standard InChI is InChI=1S/C15H22FNO3S/c1-10(17)14-8-11(16)6-7-15(14)20-12-4-3-5-13(9-12)21(2,18)19/h6-8,10,12-13H,3-5,9,17H2,1-2H3/t10-,12?,13?/m0/s1. The van der Waals surface area contributed by atoms with Gasteiger partial charge in [-0.2, -0.15) is 0 Å². The Labute approximate surface area is 125 Å². The van der Waals surface area contributed by atoms with Crippen LogP contribution in [0.25, 0.3) is 0 Å². The Bertz CT molecular complexity index is 601. The van der Waals surface area contributed by atoms with Crippen LogP contribution >= 0.6 is 0 Å². The third kappa shape index (κ3) is 4.17. The molecule has 2 rings (SSSR count). The van der Waals surface area contributed by atoms with Gasteiger partial charge in [-0.05, 0) is 44.4 Å². The van der Waals surface area contributed by atoms with Gasteiger partial charge in [-0.25, -0.2) is 12.8 Å². The number of ether oxygens (including phenoxy) is 1. The minimum absolute atomic E-state index is 0.165. The van der Waals surface area contributed by atoms with E-state index in [1.54, 1.807) is 13.0 Å². The number of nitrogens with two attached hydrogens (primary N) is 1. The van der Waals surface area contributed by atoms with E-state index in [-0.39, 0.29) is 23.2 Å². The number of benzene rings is 1. The van der Waals surface area contributed by atoms with Gasteiger partial charge >= 0.3 is 0 Å². The molecule has 1 saturated carbocycles. The number of sulfone groups is 1. The molecule has 1 aliphatic rings. The van der Waals surface area contributed by atoms with Crippen molar-refractivity contribution in [2.45, 2.75) is 50.0 Å². The van der Waals surface area contributed by atoms with Crippen molar-refractivity contribution >= 4 is 9.84 Å². The monoisotopic (exact) mass is 315 g/mol. The summed E-state index contributed by atoms with van der Waals surface area (Å²) in [6, 6.07) is 3.93. The van der Waals surface area contributed by atoms with Crippen molar-refractivity contribution in [1.29, 1.82) is 0 Å². The van der Waals surface area contributed by atoms with Gasteiger partial charge in [0.25, 0.3) is 0 Å². The molecule has 0 bridgehead atoms. The highest BCUT2D eigenvalue weighted by atomic mass is 32.2. The van der Waals surface area contributed by atoms with Gasteiger partial charge in [0.05, 0.1) is 11.4 Å². The quantitative estimate of drug-likeness (QED) is 0.927. The summed E-state index contributed by atoms with van der Waals surface area (Å²) < 4.78 is 42.6. The summed E-state index contributed by atoms with van der Waals surface area (Å²) in [4.78, 5) is 0. The van der Waals surface area contributed by atoms with E-state index in [4.69, 9.17) is 10.5 Å². The lowest BCUT2D eigenvalue weighted by Gasteiger charge is -2.29. The molecular weight excluding hydrogens is 293 g/mol. The fourth-order valence-corrected chi connectivity index (χ4v) is 3.92. The summed E-state index contributed by atoms with van der Waals surface area (Å²) in [6.45, 7) is 1.77. The van der Waals surface area contributed by atoms with Gasteiger partial charge in [0.15, 0.2) is 0 Å². The Balaban J connectivity index is 2.15. The smallest absolute Gasteiger partial charge is 0.150 e. The molecule has 0 amide bonds. The van der Waals surface area contributed by atoms with Crippen LogP contribution < -0.4 is 10.5 Å². The summed E-state index contributed by atoms with van der Waals surface area (Å²) in [7, 11) is -3.05. The molecule has 1 aliphatic carbocycles. The van der Waals surface area contributed by atoms with Crippen molar-refractivity contribution in [3.63, 3.8) is 0 Å². The maximum Gasteiger partial charge on any atom is 0.150 e. The minimum Gasteiger partial charge on any atom is -0.490 e. The van der Waals surface area contributed by atoms with E-state index in [9.17, 15) is 12.8 Å². The van der Waals surface area contributed by atoms with Crippen molar-refractivity contribution < 1.29 is 17.5 Å². The second-order valence-electron chi connectivity index (χ2n) is 5.83. The van der Waals surface area contributed by atoms with E-state index < -0.39 is 9.84 Å². The van der Waals surface area contributed by atoms with E-state index in [0.29, 0.717) is 24.2 Å². The fourth-order valence-electron chi connectivity index (χ4n) is 2.76. The van der Waals surface area contributed by atoms with Gasteiger partial charge < -0.3 is 10.5 Å². The Morgan fingerprint density at radius 2 is 2.10 bits per heavy atom. The minimum atomic E-state index is -3.05. The Kier molecular flexibility index (Phi) is 4.88. The van der Waals surface area contributed by atoms with Gasteiger partial charge in [0, 0.05) is 24.3 Å². The second-order valence-corrected chi connectivity index (χ2v) is 8.15. The molecule has 2 N–H and O–H groups in total. The molecule has 0 spiro atoms. The second kappa shape index (κ2) is 6.32. The highest BCUT2D eigenvalue weighted by Gasteiger charge is 2.30. The van der Waals surface area contributed by atoms with Crippen LogP contribution in [0.5, 0.6) is 5.75 Å². The molecule has 1 aromatic rings. The maximum atomic E-state index is 13.3. The molecule has 0 aromatic heterocycles. The van der Waals surface area contributed by atoms with E-state index in [0.717, 1.165) is 12.8 Å². The third-order valence-electron chi connectivity index (χ3n) is 3.94. The van der Waals surface area contributed by atoms with Crippen LogP contribution in [0.2, 0.25) is 0 Å². The van der Waals surface area contributed by atoms with Crippen molar-refractivity contribution in [3.8, 4) is 5.75 Å². The van der Waals surface area contributed by atoms with Gasteiger partial charge in [0.2, 0.25) is 0 Å². The van der Waals surface area contributed by atoms with Gasteiger partial charge in [0.1, 0.15) is 21.4 Å². The fraction of sp³-hybridized carbons (Fsp3) is 0.600. The highest BCUT2D eigenvalue weighted by Crippen LogP contribution is 2.31. The zero-order chi connectivity index (χ0) is 15.6. The number of hydrogen-bond donors (Lipinski definition) is 1. The lowest BCUT2D eigenvalue weighted by Crippen LogP contribution is -2.33. The average molecular weight is 315 g/mol. The molecule has 2 unspecified atom stereocenters. The lowest BCUT2D eigenvalue weighted by molar-refractivity contribution is 0.154. The number of rotatable bonds is 4. The summed E-state index contributed by atoms with van der Waals surface area (Å²) in [5.41, 5.74) is 6.45. The molecule has 1 aromatic carbocycles. The third-order valence-corrected chi connectivity index (χ3v) is 5.58. The molecule has 118 valence electrons. The zero-order valence-electron chi connectivity index (χ0n) is 12.4. The summed E-state index contributed by atoms with van der Waals surface area (Å²) in [5.74, 6) is 0.192. The highest BCUT2D eigenvalue weighted by molar-refractivity contribution is 7.91. The molecule has 0 aliphatic heterocycles. The molecule has 21 heavy (non-hydrogen) atoms. The van der Waals surface area contributed by atoms with Crippen LogP contribution in [0.4, 0.5) is 4.39 Å². The maximum absolute atomic E-state index is 13.3. The van der Waals surface area contributed by atoms with Crippen LogP contribution in [-0.2, 0) is 9.84 Å². The molecule has 1 fully saturated rings. The normalized spacial score (nSPS) is 24.6. The van der Waals surface area contributed by atoms with Crippen LogP contribution in [0.15, 0.2) is 18.2 Å². The number of hydrogen-bond acceptors (Lipinski definition) is 4. The molecule has 4 nitrogen and oxygen atoms in total. The van der Waals surface area contributed by atoms with Crippen molar-refractivity contribution in [1.82, 2.24) is 0 Å². The van der Waals surface area contributed by atoms with Crippen LogP contribution in [0.1, 0.15) is 44.2 Å². The molecular formula is C15H22FNO3S. The predicted molar refractivity (Wildman–Crippen MR) is 80.5 cm³/mol. The summed E-state index contributed by atoms with van der Waals surface area (Å²) in [6.07, 6.45) is 3.89. The zero-order valence-corrected chi connectivity index (χ0v) is 13.2. The molecule has 0 heterocycles. The van der Waals surface area contributed by atoms with E-state index in [2.05, 4.69) is 0 Å². The van der Waals surface area contributed by atoms with Crippen LogP contribution in [-0.4, -0.2) is 26.0 Å². The first-order valence-electron chi connectivity index (χ1n) is 7.18. The Morgan fingerprint density at radius 1 is 1.38 bits per heavy atom. The van der Waals surface area contributed by atoms with E-state index in [1.165, 1.54) is 18.4 Å². The summed E-state index contributed by atoms with van der Waals surface area (Å²) in [5, 5.41) is -0.351. The first kappa shape index (κ1) is 16.2. The predicted octanol–water partition coefficient (Wildman–Crippen LogP) is 2.58. The largest absolute Gasteiger partial charge is 0.490 e. The molecule has 3 atom stereocenters. The molecule has 0 saturated heterocycles. The van der Waals surface area contributed by atoms with Crippen molar-refractivity contribution in [2.24, 2.45) is 5.73 Å². The first-order valence-corrected chi connectivity index (χ1v) is 9.13. The van der Waals surface area contributed by atoms with Crippen molar-refractivity contribution in [2.75, 3.05) is 6.26 Å². The molecule has 6 heteroatoms.